The average molecular weight is 260 g/mol. The first-order valence-electron chi connectivity index (χ1n) is 7.23. The summed E-state index contributed by atoms with van der Waals surface area (Å²) < 4.78 is 5.90. The molecule has 1 saturated carbocycles. The molecule has 0 amide bonds. The van der Waals surface area contributed by atoms with Gasteiger partial charge in [0.1, 0.15) is 0 Å². The zero-order chi connectivity index (χ0) is 12.1. The number of morpholine rings is 1. The van der Waals surface area contributed by atoms with E-state index in [9.17, 15) is 0 Å². The van der Waals surface area contributed by atoms with Crippen LogP contribution >= 0.6 is 11.6 Å². The summed E-state index contributed by atoms with van der Waals surface area (Å²) in [6.45, 7) is 5.63. The van der Waals surface area contributed by atoms with Crippen molar-refractivity contribution in [1.29, 1.82) is 0 Å². The first kappa shape index (κ1) is 13.6. The van der Waals surface area contributed by atoms with Crippen molar-refractivity contribution in [3.63, 3.8) is 0 Å². The van der Waals surface area contributed by atoms with Crippen molar-refractivity contribution in [3.8, 4) is 0 Å². The van der Waals surface area contributed by atoms with Crippen LogP contribution in [-0.2, 0) is 4.74 Å². The lowest BCUT2D eigenvalue weighted by molar-refractivity contribution is -0.0889. The molecule has 2 fully saturated rings. The molecule has 2 rings (SSSR count). The minimum atomic E-state index is 0.529. The average Bonchev–Trinajstić information content (AvgIpc) is 2.36. The summed E-state index contributed by atoms with van der Waals surface area (Å²) in [5, 5.41) is 0. The molecule has 17 heavy (non-hydrogen) atoms. The quantitative estimate of drug-likeness (QED) is 0.703. The fourth-order valence-electron chi connectivity index (χ4n) is 3.17. The Morgan fingerprint density at radius 3 is 2.94 bits per heavy atom. The van der Waals surface area contributed by atoms with E-state index in [0.717, 1.165) is 31.4 Å². The number of nitrogens with zero attached hydrogens (tertiary/aromatic N) is 1. The predicted octanol–water partition coefficient (Wildman–Crippen LogP) is 3.28. The first-order chi connectivity index (χ1) is 8.31. The van der Waals surface area contributed by atoms with Gasteiger partial charge in [-0.3, -0.25) is 4.90 Å². The molecule has 0 N–H and O–H groups in total. The largest absolute Gasteiger partial charge is 0.375 e. The van der Waals surface area contributed by atoms with Crippen LogP contribution in [0.4, 0.5) is 0 Å². The molecule has 2 aliphatic rings. The van der Waals surface area contributed by atoms with Gasteiger partial charge < -0.3 is 4.74 Å². The minimum Gasteiger partial charge on any atom is -0.375 e. The molecular weight excluding hydrogens is 234 g/mol. The highest BCUT2D eigenvalue weighted by molar-refractivity contribution is 6.17. The van der Waals surface area contributed by atoms with Crippen LogP contribution in [0, 0.1) is 5.92 Å². The van der Waals surface area contributed by atoms with Gasteiger partial charge in [0.05, 0.1) is 12.7 Å². The van der Waals surface area contributed by atoms with Gasteiger partial charge >= 0.3 is 0 Å². The summed E-state index contributed by atoms with van der Waals surface area (Å²) in [4.78, 5) is 2.68. The Morgan fingerprint density at radius 2 is 2.12 bits per heavy atom. The van der Waals surface area contributed by atoms with Crippen LogP contribution in [-0.4, -0.2) is 42.6 Å². The fourth-order valence-corrected chi connectivity index (χ4v) is 3.54. The number of fused-ring (bicyclic) bond motifs is 1. The Hall–Kier alpha value is 0.210. The Balaban J connectivity index is 1.78. The van der Waals surface area contributed by atoms with E-state index in [1.165, 1.54) is 38.6 Å². The standard InChI is InChI=1S/C14H26ClNO/c1-12(6-8-15)7-9-16-10-11-17-14-5-3-2-4-13(14)16/h12-14H,2-11H2,1H3. The van der Waals surface area contributed by atoms with Gasteiger partial charge in [-0.25, -0.2) is 0 Å². The molecule has 1 aliphatic carbocycles. The Morgan fingerprint density at radius 1 is 1.29 bits per heavy atom. The van der Waals surface area contributed by atoms with Gasteiger partial charge in [0.15, 0.2) is 0 Å². The van der Waals surface area contributed by atoms with E-state index in [-0.39, 0.29) is 0 Å². The number of rotatable bonds is 5. The van der Waals surface area contributed by atoms with Gasteiger partial charge in [0.25, 0.3) is 0 Å². The molecule has 3 unspecified atom stereocenters. The normalized spacial score (nSPS) is 32.1. The number of hydrogen-bond acceptors (Lipinski definition) is 2. The summed E-state index contributed by atoms with van der Waals surface area (Å²) in [5.74, 6) is 1.56. The second kappa shape index (κ2) is 6.96. The number of alkyl halides is 1. The van der Waals surface area contributed by atoms with Crippen molar-refractivity contribution in [2.75, 3.05) is 25.6 Å². The second-order valence-corrected chi connectivity index (χ2v) is 6.05. The molecule has 100 valence electrons. The molecule has 0 aromatic carbocycles. The number of ether oxygens (including phenoxy) is 1. The van der Waals surface area contributed by atoms with Gasteiger partial charge in [0.2, 0.25) is 0 Å². The smallest absolute Gasteiger partial charge is 0.0730 e. The van der Waals surface area contributed by atoms with E-state index in [4.69, 9.17) is 16.3 Å². The third-order valence-corrected chi connectivity index (χ3v) is 4.58. The lowest BCUT2D eigenvalue weighted by Gasteiger charge is -2.44. The topological polar surface area (TPSA) is 12.5 Å². The summed E-state index contributed by atoms with van der Waals surface area (Å²) in [6, 6.07) is 0.709. The van der Waals surface area contributed by atoms with Gasteiger partial charge in [-0.05, 0) is 38.1 Å². The zero-order valence-corrected chi connectivity index (χ0v) is 11.8. The van der Waals surface area contributed by atoms with E-state index >= 15 is 0 Å². The highest BCUT2D eigenvalue weighted by Crippen LogP contribution is 2.28. The molecule has 0 bridgehead atoms. The van der Waals surface area contributed by atoms with Gasteiger partial charge in [-0.15, -0.1) is 11.6 Å². The molecule has 1 aliphatic heterocycles. The summed E-state index contributed by atoms with van der Waals surface area (Å²) in [7, 11) is 0. The van der Waals surface area contributed by atoms with Gasteiger partial charge in [-0.2, -0.15) is 0 Å². The van der Waals surface area contributed by atoms with Crippen molar-refractivity contribution in [2.45, 2.75) is 57.6 Å². The van der Waals surface area contributed by atoms with Crippen LogP contribution in [0.1, 0.15) is 45.4 Å². The predicted molar refractivity (Wildman–Crippen MR) is 72.7 cm³/mol. The van der Waals surface area contributed by atoms with Crippen molar-refractivity contribution in [3.05, 3.63) is 0 Å². The van der Waals surface area contributed by atoms with Gasteiger partial charge in [-0.1, -0.05) is 19.8 Å². The molecule has 0 spiro atoms. The third-order valence-electron chi connectivity index (χ3n) is 4.36. The summed E-state index contributed by atoms with van der Waals surface area (Å²) >= 11 is 5.80. The maximum atomic E-state index is 5.90. The second-order valence-electron chi connectivity index (χ2n) is 5.67. The van der Waals surface area contributed by atoms with Crippen molar-refractivity contribution < 1.29 is 4.74 Å². The highest BCUT2D eigenvalue weighted by Gasteiger charge is 2.33. The maximum absolute atomic E-state index is 5.90. The first-order valence-corrected chi connectivity index (χ1v) is 7.76. The molecule has 3 atom stereocenters. The van der Waals surface area contributed by atoms with Crippen molar-refractivity contribution in [2.24, 2.45) is 5.92 Å². The van der Waals surface area contributed by atoms with Crippen molar-refractivity contribution >= 4 is 11.6 Å². The van der Waals surface area contributed by atoms with Crippen LogP contribution in [0.25, 0.3) is 0 Å². The monoisotopic (exact) mass is 259 g/mol. The van der Waals surface area contributed by atoms with Crippen LogP contribution < -0.4 is 0 Å². The summed E-state index contributed by atoms with van der Waals surface area (Å²) in [6.07, 6.45) is 8.33. The molecule has 0 aromatic rings. The molecule has 1 heterocycles. The zero-order valence-electron chi connectivity index (χ0n) is 11.0. The van der Waals surface area contributed by atoms with Crippen LogP contribution in [0.2, 0.25) is 0 Å². The van der Waals surface area contributed by atoms with E-state index < -0.39 is 0 Å². The summed E-state index contributed by atoms with van der Waals surface area (Å²) in [5.41, 5.74) is 0. The number of hydrogen-bond donors (Lipinski definition) is 0. The fraction of sp³-hybridized carbons (Fsp3) is 1.00. The Kier molecular flexibility index (Phi) is 5.58. The Labute approximate surface area is 111 Å². The molecular formula is C14H26ClNO. The number of halogens is 1. The molecule has 0 aromatic heterocycles. The van der Waals surface area contributed by atoms with Crippen LogP contribution in [0.15, 0.2) is 0 Å². The highest BCUT2D eigenvalue weighted by atomic mass is 35.5. The third kappa shape index (κ3) is 3.84. The molecule has 3 heteroatoms. The molecule has 0 radical (unpaired) electrons. The van der Waals surface area contributed by atoms with Crippen molar-refractivity contribution in [1.82, 2.24) is 4.90 Å². The molecule has 2 nitrogen and oxygen atoms in total. The maximum Gasteiger partial charge on any atom is 0.0730 e. The van der Waals surface area contributed by atoms with E-state index in [0.29, 0.717) is 12.1 Å². The Bertz CT molecular complexity index is 222. The van der Waals surface area contributed by atoms with Crippen LogP contribution in [0.3, 0.4) is 0 Å². The minimum absolute atomic E-state index is 0.529. The lowest BCUT2D eigenvalue weighted by atomic mass is 9.89. The SMILES string of the molecule is CC(CCCl)CCN1CCOC2CCCCC21. The van der Waals surface area contributed by atoms with E-state index in [1.807, 2.05) is 0 Å². The van der Waals surface area contributed by atoms with E-state index in [2.05, 4.69) is 11.8 Å². The van der Waals surface area contributed by atoms with E-state index in [1.54, 1.807) is 0 Å². The van der Waals surface area contributed by atoms with Crippen LogP contribution in [0.5, 0.6) is 0 Å². The lowest BCUT2D eigenvalue weighted by Crippen LogP contribution is -2.52. The molecule has 1 saturated heterocycles. The van der Waals surface area contributed by atoms with Gasteiger partial charge in [0, 0.05) is 18.5 Å².